The van der Waals surface area contributed by atoms with Gasteiger partial charge in [0.2, 0.25) is 0 Å². The first-order valence-corrected chi connectivity index (χ1v) is 7.19. The second kappa shape index (κ2) is 5.32. The van der Waals surface area contributed by atoms with Crippen molar-refractivity contribution >= 4 is 21.7 Å². The van der Waals surface area contributed by atoms with E-state index in [2.05, 4.69) is 13.5 Å². The van der Waals surface area contributed by atoms with Gasteiger partial charge in [0.15, 0.2) is 0 Å². The third-order valence-corrected chi connectivity index (χ3v) is 4.57. The van der Waals surface area contributed by atoms with Crippen LogP contribution in [0.4, 0.5) is 0 Å². The molecule has 0 saturated heterocycles. The first-order chi connectivity index (χ1) is 7.00. The van der Waals surface area contributed by atoms with Crippen LogP contribution in [0.25, 0.3) is 0 Å². The normalized spacial score (nSPS) is 31.7. The summed E-state index contributed by atoms with van der Waals surface area (Å²) in [6.07, 6.45) is 4.18. The molecule has 0 amide bonds. The minimum absolute atomic E-state index is 0.221. The average molecular weight is 253 g/mol. The molecular formula is C10H17ClO3S. The fourth-order valence-electron chi connectivity index (χ4n) is 2.13. The molecule has 1 saturated carbocycles. The number of rotatable bonds is 5. The van der Waals surface area contributed by atoms with Crippen LogP contribution in [0.15, 0.2) is 12.7 Å². The molecule has 3 atom stereocenters. The summed E-state index contributed by atoms with van der Waals surface area (Å²) in [5.41, 5.74) is 0. The van der Waals surface area contributed by atoms with Gasteiger partial charge in [-0.15, -0.1) is 18.2 Å². The van der Waals surface area contributed by atoms with Gasteiger partial charge in [-0.05, 0) is 31.1 Å². The minimum Gasteiger partial charge on any atom is -0.266 e. The Bertz CT molecular complexity index is 313. The van der Waals surface area contributed by atoms with E-state index >= 15 is 0 Å². The van der Waals surface area contributed by atoms with Crippen molar-refractivity contribution in [3.05, 3.63) is 12.7 Å². The lowest BCUT2D eigenvalue weighted by atomic mass is 9.93. The van der Waals surface area contributed by atoms with E-state index in [-0.39, 0.29) is 12.0 Å². The molecular weight excluding hydrogens is 236 g/mol. The molecule has 0 N–H and O–H groups in total. The van der Waals surface area contributed by atoms with Gasteiger partial charge in [-0.2, -0.15) is 8.42 Å². The summed E-state index contributed by atoms with van der Waals surface area (Å²) in [6.45, 7) is 5.79. The molecule has 0 aromatic carbocycles. The van der Waals surface area contributed by atoms with Crippen molar-refractivity contribution in [2.24, 2.45) is 11.8 Å². The van der Waals surface area contributed by atoms with Crippen LogP contribution in [-0.2, 0) is 14.3 Å². The average Bonchev–Trinajstić information content (AvgIpc) is 2.50. The Hall–Kier alpha value is -0.0600. The molecule has 3 nitrogen and oxygen atoms in total. The predicted octanol–water partition coefficient (Wildman–Crippen LogP) is 2.52. The number of hydrogen-bond donors (Lipinski definition) is 0. The second-order valence-corrected chi connectivity index (χ2v) is 6.23. The number of allylic oxidation sites excluding steroid dienone is 1. The van der Waals surface area contributed by atoms with Crippen LogP contribution >= 0.6 is 11.6 Å². The molecule has 0 spiro atoms. The lowest BCUT2D eigenvalue weighted by molar-refractivity contribution is 0.154. The van der Waals surface area contributed by atoms with Crippen molar-refractivity contribution < 1.29 is 12.6 Å². The molecule has 88 valence electrons. The van der Waals surface area contributed by atoms with E-state index in [1.54, 1.807) is 0 Å². The maximum absolute atomic E-state index is 11.2. The Balaban J connectivity index is 2.65. The smallest absolute Gasteiger partial charge is 0.266 e. The van der Waals surface area contributed by atoms with Gasteiger partial charge >= 0.3 is 0 Å². The summed E-state index contributed by atoms with van der Waals surface area (Å²) in [5, 5.41) is -0.474. The van der Waals surface area contributed by atoms with Crippen molar-refractivity contribution in [3.8, 4) is 0 Å². The van der Waals surface area contributed by atoms with Gasteiger partial charge in [-0.1, -0.05) is 13.0 Å². The molecule has 0 aliphatic heterocycles. The number of hydrogen-bond acceptors (Lipinski definition) is 3. The highest BCUT2D eigenvalue weighted by Gasteiger charge is 2.35. The zero-order valence-corrected chi connectivity index (χ0v) is 10.4. The number of halogens is 1. The topological polar surface area (TPSA) is 43.4 Å². The lowest BCUT2D eigenvalue weighted by Gasteiger charge is -2.20. The molecule has 0 bridgehead atoms. The summed E-state index contributed by atoms with van der Waals surface area (Å²) in [6, 6.07) is 0. The Labute approximate surface area is 96.6 Å². The van der Waals surface area contributed by atoms with Crippen molar-refractivity contribution in [1.29, 1.82) is 0 Å². The van der Waals surface area contributed by atoms with E-state index in [1.807, 2.05) is 6.08 Å². The van der Waals surface area contributed by atoms with E-state index in [1.165, 1.54) is 0 Å². The fraction of sp³-hybridized carbons (Fsp3) is 0.800. The third-order valence-electron chi connectivity index (χ3n) is 2.96. The Morgan fingerprint density at radius 1 is 1.53 bits per heavy atom. The molecule has 0 unspecified atom stereocenters. The summed E-state index contributed by atoms with van der Waals surface area (Å²) in [7, 11) is -3.55. The molecule has 5 heteroatoms. The molecule has 15 heavy (non-hydrogen) atoms. The summed E-state index contributed by atoms with van der Waals surface area (Å²) >= 11 is 5.30. The molecule has 0 aromatic rings. The maximum Gasteiger partial charge on any atom is 0.281 e. The SMILES string of the molecule is C=CC[C@H]1[C@@H](C)CC[C@H]1OS(=O)(=O)CCl. The van der Waals surface area contributed by atoms with Gasteiger partial charge in [-0.25, -0.2) is 0 Å². The Morgan fingerprint density at radius 3 is 2.73 bits per heavy atom. The van der Waals surface area contributed by atoms with Gasteiger partial charge in [-0.3, -0.25) is 4.18 Å². The quantitative estimate of drug-likeness (QED) is 0.429. The van der Waals surface area contributed by atoms with Crippen LogP contribution in [-0.4, -0.2) is 19.7 Å². The van der Waals surface area contributed by atoms with E-state index < -0.39 is 15.3 Å². The van der Waals surface area contributed by atoms with Crippen molar-refractivity contribution in [1.82, 2.24) is 0 Å². The summed E-state index contributed by atoms with van der Waals surface area (Å²) < 4.78 is 27.5. The highest BCUT2D eigenvalue weighted by molar-refractivity contribution is 7.87. The molecule has 0 heterocycles. The van der Waals surface area contributed by atoms with Crippen molar-refractivity contribution in [2.75, 3.05) is 5.21 Å². The van der Waals surface area contributed by atoms with Crippen LogP contribution in [0, 0.1) is 11.8 Å². The molecule has 0 aromatic heterocycles. The molecule has 1 aliphatic rings. The molecule has 1 fully saturated rings. The highest BCUT2D eigenvalue weighted by Crippen LogP contribution is 2.37. The Morgan fingerprint density at radius 2 is 2.20 bits per heavy atom. The fourth-order valence-corrected chi connectivity index (χ4v) is 2.95. The predicted molar refractivity (Wildman–Crippen MR) is 61.2 cm³/mol. The van der Waals surface area contributed by atoms with Crippen LogP contribution < -0.4 is 0 Å². The van der Waals surface area contributed by atoms with Crippen molar-refractivity contribution in [2.45, 2.75) is 32.3 Å². The number of alkyl halides is 1. The van der Waals surface area contributed by atoms with Crippen LogP contribution in [0.3, 0.4) is 0 Å². The summed E-state index contributed by atoms with van der Waals surface area (Å²) in [5.74, 6) is 0.735. The molecule has 1 aliphatic carbocycles. The monoisotopic (exact) mass is 252 g/mol. The van der Waals surface area contributed by atoms with E-state index in [0.29, 0.717) is 5.92 Å². The Kier molecular flexibility index (Phi) is 4.62. The highest BCUT2D eigenvalue weighted by atomic mass is 35.5. The van der Waals surface area contributed by atoms with E-state index in [4.69, 9.17) is 15.8 Å². The van der Waals surface area contributed by atoms with Gasteiger partial charge in [0, 0.05) is 0 Å². The van der Waals surface area contributed by atoms with Gasteiger partial charge in [0.1, 0.15) is 5.21 Å². The van der Waals surface area contributed by atoms with Crippen molar-refractivity contribution in [3.63, 3.8) is 0 Å². The largest absolute Gasteiger partial charge is 0.281 e. The maximum atomic E-state index is 11.2. The molecule has 1 rings (SSSR count). The molecule has 0 radical (unpaired) electrons. The van der Waals surface area contributed by atoms with Gasteiger partial charge in [0.25, 0.3) is 10.1 Å². The lowest BCUT2D eigenvalue weighted by Crippen LogP contribution is -2.24. The van der Waals surface area contributed by atoms with Gasteiger partial charge in [0.05, 0.1) is 6.10 Å². The standard InChI is InChI=1S/C10H17ClO3S/c1-3-4-9-8(2)5-6-10(9)14-15(12,13)7-11/h3,8-10H,1,4-7H2,2H3/t8-,9-,10+/m0/s1. The van der Waals surface area contributed by atoms with Crippen LogP contribution in [0.5, 0.6) is 0 Å². The first kappa shape index (κ1) is 13.0. The van der Waals surface area contributed by atoms with E-state index in [0.717, 1.165) is 19.3 Å². The van der Waals surface area contributed by atoms with Gasteiger partial charge < -0.3 is 0 Å². The van der Waals surface area contributed by atoms with E-state index in [9.17, 15) is 8.42 Å². The minimum atomic E-state index is -3.55. The summed E-state index contributed by atoms with van der Waals surface area (Å²) in [4.78, 5) is 0. The van der Waals surface area contributed by atoms with Crippen LogP contribution in [0.2, 0.25) is 0 Å². The zero-order valence-electron chi connectivity index (χ0n) is 8.86. The first-order valence-electron chi connectivity index (χ1n) is 5.08. The van der Waals surface area contributed by atoms with Crippen LogP contribution in [0.1, 0.15) is 26.2 Å². The zero-order chi connectivity index (χ0) is 11.5. The second-order valence-electron chi connectivity index (χ2n) is 4.04. The third kappa shape index (κ3) is 3.47.